The molecule has 0 radical (unpaired) electrons. The molecule has 35 heavy (non-hydrogen) atoms. The van der Waals surface area contributed by atoms with Crippen molar-refractivity contribution in [1.29, 1.82) is 0 Å². The van der Waals surface area contributed by atoms with Crippen LogP contribution in [0.3, 0.4) is 0 Å². The lowest BCUT2D eigenvalue weighted by Gasteiger charge is -2.21. The number of amides is 3. The highest BCUT2D eigenvalue weighted by molar-refractivity contribution is 6.20. The fourth-order valence-corrected chi connectivity index (χ4v) is 3.38. The van der Waals surface area contributed by atoms with Crippen LogP contribution in [0.25, 0.3) is 0 Å². The van der Waals surface area contributed by atoms with E-state index < -0.39 is 35.6 Å². The molecular weight excluding hydrogens is 452 g/mol. The maximum Gasteiger partial charge on any atom is 0.407 e. The number of carbonyl (C=O) groups is 4. The van der Waals surface area contributed by atoms with Crippen LogP contribution in [0.15, 0.2) is 54.6 Å². The van der Waals surface area contributed by atoms with Gasteiger partial charge in [-0.25, -0.2) is 14.4 Å². The first-order valence-corrected chi connectivity index (χ1v) is 11.5. The number of benzene rings is 2. The summed E-state index contributed by atoms with van der Waals surface area (Å²) in [6.07, 6.45) is -0.546. The van der Waals surface area contributed by atoms with Crippen molar-refractivity contribution in [3.8, 4) is 0 Å². The van der Waals surface area contributed by atoms with Gasteiger partial charge >= 0.3 is 12.1 Å². The highest BCUT2D eigenvalue weighted by atomic mass is 16.7. The van der Waals surface area contributed by atoms with Crippen LogP contribution in [-0.4, -0.2) is 47.2 Å². The minimum atomic E-state index is -1.18. The van der Waals surface area contributed by atoms with Gasteiger partial charge in [0.2, 0.25) is 0 Å². The van der Waals surface area contributed by atoms with Gasteiger partial charge < -0.3 is 14.8 Å². The number of imide groups is 1. The smallest absolute Gasteiger partial charge is 0.407 e. The van der Waals surface area contributed by atoms with E-state index in [0.29, 0.717) is 24.4 Å². The van der Waals surface area contributed by atoms with Crippen LogP contribution in [-0.2, 0) is 25.7 Å². The molecule has 0 fully saturated rings. The Hall–Kier alpha value is -3.72. The van der Waals surface area contributed by atoms with Crippen LogP contribution in [0.4, 0.5) is 4.79 Å². The Morgan fingerprint density at radius 1 is 0.914 bits per heavy atom. The van der Waals surface area contributed by atoms with Gasteiger partial charge in [0.25, 0.3) is 11.8 Å². The van der Waals surface area contributed by atoms with Gasteiger partial charge in [0.15, 0.2) is 6.10 Å². The van der Waals surface area contributed by atoms with Gasteiger partial charge in [0, 0.05) is 6.54 Å². The summed E-state index contributed by atoms with van der Waals surface area (Å²) in [6, 6.07) is 15.5. The van der Waals surface area contributed by atoms with Gasteiger partial charge in [-0.05, 0) is 57.7 Å². The molecule has 0 bridgehead atoms. The molecule has 0 unspecified atom stereocenters. The number of ether oxygens (including phenoxy) is 2. The monoisotopic (exact) mass is 482 g/mol. The zero-order chi connectivity index (χ0) is 25.4. The Morgan fingerprint density at radius 2 is 1.51 bits per heavy atom. The van der Waals surface area contributed by atoms with Gasteiger partial charge in [-0.3, -0.25) is 9.59 Å². The molecule has 1 N–H and O–H groups in total. The standard InChI is InChI=1S/C26H30N2O7/c1-26(2,3)34-25(32)27-16-10-9-15-21(24(31)33-17-18-11-5-4-6-12-18)35-28-22(29)19-13-7-8-14-20(19)23(28)30/h4-8,11-14,21H,9-10,15-17H2,1-3H3,(H,27,32)/t21-/m1/s1. The Bertz CT molecular complexity index is 1030. The predicted octanol–water partition coefficient (Wildman–Crippen LogP) is 4.02. The quantitative estimate of drug-likeness (QED) is 0.309. The number of esters is 1. The molecular formula is C26H30N2O7. The van der Waals surface area contributed by atoms with Crippen molar-refractivity contribution in [2.24, 2.45) is 0 Å². The van der Waals surface area contributed by atoms with Crippen molar-refractivity contribution in [2.75, 3.05) is 6.54 Å². The number of hydrogen-bond acceptors (Lipinski definition) is 7. The third kappa shape index (κ3) is 7.38. The second kappa shape index (κ2) is 11.6. The van der Waals surface area contributed by atoms with Crippen LogP contribution >= 0.6 is 0 Å². The van der Waals surface area contributed by atoms with Crippen molar-refractivity contribution >= 4 is 23.9 Å². The highest BCUT2D eigenvalue weighted by Crippen LogP contribution is 2.24. The Balaban J connectivity index is 1.59. The molecule has 9 heteroatoms. The minimum Gasteiger partial charge on any atom is -0.459 e. The summed E-state index contributed by atoms with van der Waals surface area (Å²) >= 11 is 0. The van der Waals surface area contributed by atoms with Crippen molar-refractivity contribution in [2.45, 2.75) is 58.3 Å². The number of carbonyl (C=O) groups excluding carboxylic acids is 4. The normalized spacial score (nSPS) is 13.9. The Morgan fingerprint density at radius 3 is 2.11 bits per heavy atom. The first kappa shape index (κ1) is 25.9. The second-order valence-electron chi connectivity index (χ2n) is 9.06. The third-order valence-corrected chi connectivity index (χ3v) is 5.04. The maximum absolute atomic E-state index is 12.8. The van der Waals surface area contributed by atoms with Crippen molar-refractivity contribution in [3.63, 3.8) is 0 Å². The molecule has 9 nitrogen and oxygen atoms in total. The van der Waals surface area contributed by atoms with Gasteiger partial charge in [0.1, 0.15) is 12.2 Å². The SMILES string of the molecule is CC(C)(C)OC(=O)NCCCC[C@@H](ON1C(=O)c2ccccc2C1=O)C(=O)OCc1ccccc1. The molecule has 0 saturated carbocycles. The van der Waals surface area contributed by atoms with Gasteiger partial charge in [-0.2, -0.15) is 0 Å². The highest BCUT2D eigenvalue weighted by Gasteiger charge is 2.39. The average Bonchev–Trinajstić information content (AvgIpc) is 3.06. The van der Waals surface area contributed by atoms with E-state index >= 15 is 0 Å². The second-order valence-corrected chi connectivity index (χ2v) is 9.06. The van der Waals surface area contributed by atoms with E-state index in [2.05, 4.69) is 5.32 Å². The molecule has 3 rings (SSSR count). The lowest BCUT2D eigenvalue weighted by Crippen LogP contribution is -2.39. The van der Waals surface area contributed by atoms with E-state index in [1.807, 2.05) is 30.3 Å². The summed E-state index contributed by atoms with van der Waals surface area (Å²) in [5.74, 6) is -1.94. The topological polar surface area (TPSA) is 111 Å². The molecule has 1 aliphatic rings. The lowest BCUT2D eigenvalue weighted by molar-refractivity contribution is -0.182. The molecule has 1 heterocycles. The van der Waals surface area contributed by atoms with Crippen LogP contribution < -0.4 is 5.32 Å². The molecule has 2 aromatic carbocycles. The summed E-state index contributed by atoms with van der Waals surface area (Å²) < 4.78 is 10.6. The maximum atomic E-state index is 12.8. The first-order valence-electron chi connectivity index (χ1n) is 11.5. The van der Waals surface area contributed by atoms with Gasteiger partial charge in [0.05, 0.1) is 11.1 Å². The molecule has 186 valence electrons. The van der Waals surface area contributed by atoms with Crippen molar-refractivity contribution in [1.82, 2.24) is 10.4 Å². The summed E-state index contributed by atoms with van der Waals surface area (Å²) in [7, 11) is 0. The molecule has 2 aromatic rings. The van der Waals surface area contributed by atoms with Crippen molar-refractivity contribution < 1.29 is 33.5 Å². The molecule has 0 aliphatic carbocycles. The first-order chi connectivity index (χ1) is 16.7. The van der Waals surface area contributed by atoms with Crippen LogP contribution in [0.2, 0.25) is 0 Å². The third-order valence-electron chi connectivity index (χ3n) is 5.04. The molecule has 3 amide bonds. The zero-order valence-electron chi connectivity index (χ0n) is 20.1. The number of hydrogen-bond donors (Lipinski definition) is 1. The van der Waals surface area contributed by atoms with E-state index in [1.165, 1.54) is 12.1 Å². The lowest BCUT2D eigenvalue weighted by atomic mass is 10.1. The molecule has 1 aliphatic heterocycles. The van der Waals surface area contributed by atoms with Gasteiger partial charge in [-0.1, -0.05) is 42.5 Å². The number of nitrogens with one attached hydrogen (secondary N) is 1. The fraction of sp³-hybridized carbons (Fsp3) is 0.385. The van der Waals surface area contributed by atoms with E-state index in [4.69, 9.17) is 14.3 Å². The number of unbranched alkanes of at least 4 members (excludes halogenated alkanes) is 1. The van der Waals surface area contributed by atoms with Crippen molar-refractivity contribution in [3.05, 3.63) is 71.3 Å². The average molecular weight is 483 g/mol. The number of alkyl carbamates (subject to hydrolysis) is 1. The Kier molecular flexibility index (Phi) is 8.59. The van der Waals surface area contributed by atoms with Crippen LogP contribution in [0.1, 0.15) is 66.3 Å². The molecule has 1 atom stereocenters. The predicted molar refractivity (Wildman–Crippen MR) is 126 cm³/mol. The number of fused-ring (bicyclic) bond motifs is 1. The summed E-state index contributed by atoms with van der Waals surface area (Å²) in [4.78, 5) is 55.6. The zero-order valence-corrected chi connectivity index (χ0v) is 20.1. The number of rotatable bonds is 10. The fourth-order valence-electron chi connectivity index (χ4n) is 3.38. The van der Waals surface area contributed by atoms with E-state index in [1.54, 1.807) is 32.9 Å². The molecule has 0 aromatic heterocycles. The largest absolute Gasteiger partial charge is 0.459 e. The van der Waals surface area contributed by atoms with Gasteiger partial charge in [-0.15, -0.1) is 5.06 Å². The summed E-state index contributed by atoms with van der Waals surface area (Å²) in [6.45, 7) is 5.67. The van der Waals surface area contributed by atoms with Crippen LogP contribution in [0.5, 0.6) is 0 Å². The number of hydroxylamine groups is 2. The van der Waals surface area contributed by atoms with E-state index in [9.17, 15) is 19.2 Å². The molecule has 0 saturated heterocycles. The molecule has 0 spiro atoms. The number of nitrogens with zero attached hydrogens (tertiary/aromatic N) is 1. The Labute approximate surface area is 204 Å². The van der Waals surface area contributed by atoms with Crippen LogP contribution in [0, 0.1) is 0 Å². The minimum absolute atomic E-state index is 0.0296. The summed E-state index contributed by atoms with van der Waals surface area (Å²) in [5, 5.41) is 3.27. The van der Waals surface area contributed by atoms with E-state index in [0.717, 1.165) is 5.56 Å². The summed E-state index contributed by atoms with van der Waals surface area (Å²) in [5.41, 5.74) is 0.630. The van der Waals surface area contributed by atoms with E-state index in [-0.39, 0.29) is 24.2 Å².